The van der Waals surface area contributed by atoms with E-state index in [0.717, 1.165) is 0 Å². The second-order valence-corrected chi connectivity index (χ2v) is 4.24. The quantitative estimate of drug-likeness (QED) is 0.744. The summed E-state index contributed by atoms with van der Waals surface area (Å²) < 4.78 is 35.0. The van der Waals surface area contributed by atoms with E-state index in [0.29, 0.717) is 6.54 Å². The van der Waals surface area contributed by atoms with Crippen molar-refractivity contribution in [3.05, 3.63) is 17.4 Å². The Morgan fingerprint density at radius 1 is 1.60 bits per heavy atom. The van der Waals surface area contributed by atoms with E-state index in [1.807, 2.05) is 0 Å². The average molecular weight is 233 g/mol. The molecule has 2 N–H and O–H groups in total. The summed E-state index contributed by atoms with van der Waals surface area (Å²) in [6.07, 6.45) is 0. The summed E-state index contributed by atoms with van der Waals surface area (Å²) in [6, 6.07) is 1.26. The monoisotopic (exact) mass is 233 g/mol. The standard InChI is InChI=1S/C8H11NO5S/c1-3-9-7(10)6-4-5(2)8(14-6)15(11,12)13/h4H,3H2,1-2H3,(H,9,10)(H,11,12,13). The molecule has 15 heavy (non-hydrogen) atoms. The fraction of sp³-hybridized carbons (Fsp3) is 0.375. The van der Waals surface area contributed by atoms with E-state index < -0.39 is 21.1 Å². The van der Waals surface area contributed by atoms with Crippen LogP contribution in [0.1, 0.15) is 23.0 Å². The van der Waals surface area contributed by atoms with Crippen molar-refractivity contribution in [2.75, 3.05) is 6.54 Å². The van der Waals surface area contributed by atoms with E-state index in [4.69, 9.17) is 8.97 Å². The highest BCUT2D eigenvalue weighted by atomic mass is 32.2. The molecule has 0 unspecified atom stereocenters. The molecule has 84 valence electrons. The van der Waals surface area contributed by atoms with Gasteiger partial charge in [-0.3, -0.25) is 9.35 Å². The van der Waals surface area contributed by atoms with Gasteiger partial charge in [-0.1, -0.05) is 0 Å². The number of amides is 1. The van der Waals surface area contributed by atoms with Gasteiger partial charge in [-0.05, 0) is 19.9 Å². The number of hydrogen-bond acceptors (Lipinski definition) is 4. The van der Waals surface area contributed by atoms with Crippen molar-refractivity contribution in [1.29, 1.82) is 0 Å². The smallest absolute Gasteiger partial charge is 0.328 e. The van der Waals surface area contributed by atoms with Crippen LogP contribution in [0.4, 0.5) is 0 Å². The Kier molecular flexibility index (Phi) is 3.15. The normalized spacial score (nSPS) is 11.4. The van der Waals surface area contributed by atoms with Crippen LogP contribution in [0.25, 0.3) is 0 Å². The number of furan rings is 1. The highest BCUT2D eigenvalue weighted by Crippen LogP contribution is 2.19. The summed E-state index contributed by atoms with van der Waals surface area (Å²) in [5, 5.41) is 1.85. The van der Waals surface area contributed by atoms with Crippen LogP contribution >= 0.6 is 0 Å². The molecule has 6 nitrogen and oxygen atoms in total. The molecular formula is C8H11NO5S. The molecule has 1 rings (SSSR count). The molecule has 1 amide bonds. The zero-order chi connectivity index (χ0) is 11.6. The third-order valence-electron chi connectivity index (χ3n) is 1.67. The van der Waals surface area contributed by atoms with E-state index in [2.05, 4.69) is 5.32 Å². The Morgan fingerprint density at radius 2 is 2.20 bits per heavy atom. The predicted molar refractivity (Wildman–Crippen MR) is 51.3 cm³/mol. The number of carbonyl (C=O) groups excluding carboxylic acids is 1. The Balaban J connectivity index is 3.12. The lowest BCUT2D eigenvalue weighted by Crippen LogP contribution is -2.21. The fourth-order valence-electron chi connectivity index (χ4n) is 1.08. The summed E-state index contributed by atoms with van der Waals surface area (Å²) in [5.41, 5.74) is 0.193. The van der Waals surface area contributed by atoms with E-state index in [1.54, 1.807) is 6.92 Å². The van der Waals surface area contributed by atoms with Gasteiger partial charge in [0.25, 0.3) is 5.91 Å². The van der Waals surface area contributed by atoms with Crippen LogP contribution < -0.4 is 5.32 Å². The van der Waals surface area contributed by atoms with Crippen LogP contribution in [0.3, 0.4) is 0 Å². The highest BCUT2D eigenvalue weighted by molar-refractivity contribution is 7.85. The van der Waals surface area contributed by atoms with Crippen molar-refractivity contribution in [2.24, 2.45) is 0 Å². The molecule has 1 aromatic heterocycles. The highest BCUT2D eigenvalue weighted by Gasteiger charge is 2.22. The van der Waals surface area contributed by atoms with Gasteiger partial charge in [-0.15, -0.1) is 0 Å². The van der Waals surface area contributed by atoms with Crippen molar-refractivity contribution < 1.29 is 22.2 Å². The first-order chi connectivity index (χ1) is 6.86. The lowest BCUT2D eigenvalue weighted by molar-refractivity contribution is 0.0922. The lowest BCUT2D eigenvalue weighted by Gasteiger charge is -1.96. The number of hydrogen-bond donors (Lipinski definition) is 2. The molecule has 0 aliphatic carbocycles. The largest absolute Gasteiger partial charge is 0.437 e. The molecule has 7 heteroatoms. The number of rotatable bonds is 3. The van der Waals surface area contributed by atoms with Gasteiger partial charge in [-0.25, -0.2) is 0 Å². The second kappa shape index (κ2) is 4.03. The van der Waals surface area contributed by atoms with Gasteiger partial charge >= 0.3 is 10.1 Å². The van der Waals surface area contributed by atoms with Gasteiger partial charge in [-0.2, -0.15) is 8.42 Å². The zero-order valence-corrected chi connectivity index (χ0v) is 9.09. The molecule has 0 radical (unpaired) electrons. The lowest BCUT2D eigenvalue weighted by atomic mass is 10.3. The van der Waals surface area contributed by atoms with Crippen LogP contribution in [0.5, 0.6) is 0 Å². The summed E-state index contributed by atoms with van der Waals surface area (Å²) in [5.74, 6) is -0.655. The number of aryl methyl sites for hydroxylation is 1. The van der Waals surface area contributed by atoms with Crippen LogP contribution in [-0.2, 0) is 10.1 Å². The van der Waals surface area contributed by atoms with E-state index >= 15 is 0 Å². The van der Waals surface area contributed by atoms with Crippen molar-refractivity contribution >= 4 is 16.0 Å². The SMILES string of the molecule is CCNC(=O)c1cc(C)c(S(=O)(=O)O)o1. The summed E-state index contributed by atoms with van der Waals surface area (Å²) in [6.45, 7) is 3.55. The molecule has 1 heterocycles. The molecule has 0 aromatic carbocycles. The summed E-state index contributed by atoms with van der Waals surface area (Å²) in [7, 11) is -4.41. The first kappa shape index (κ1) is 11.7. The van der Waals surface area contributed by atoms with Crippen LogP contribution in [0.2, 0.25) is 0 Å². The third-order valence-corrected chi connectivity index (χ3v) is 2.54. The van der Waals surface area contributed by atoms with E-state index in [9.17, 15) is 13.2 Å². The molecule has 0 aliphatic heterocycles. The van der Waals surface area contributed by atoms with Gasteiger partial charge in [0.05, 0.1) is 0 Å². The average Bonchev–Trinajstić information content (AvgIpc) is 2.47. The molecule has 0 fully saturated rings. The maximum absolute atomic E-state index is 11.3. The van der Waals surface area contributed by atoms with E-state index in [1.165, 1.54) is 13.0 Å². The van der Waals surface area contributed by atoms with Crippen molar-refractivity contribution in [1.82, 2.24) is 5.32 Å². The molecule has 0 saturated carbocycles. The van der Waals surface area contributed by atoms with Gasteiger partial charge in [0.2, 0.25) is 5.09 Å². The van der Waals surface area contributed by atoms with Gasteiger partial charge < -0.3 is 9.73 Å². The van der Waals surface area contributed by atoms with Crippen LogP contribution in [0, 0.1) is 6.92 Å². The first-order valence-electron chi connectivity index (χ1n) is 4.22. The number of nitrogens with one attached hydrogen (secondary N) is 1. The fourth-order valence-corrected chi connectivity index (χ4v) is 1.74. The minimum Gasteiger partial charge on any atom is -0.437 e. The maximum atomic E-state index is 11.3. The molecule has 0 saturated heterocycles. The van der Waals surface area contributed by atoms with Gasteiger partial charge in [0.1, 0.15) is 0 Å². The first-order valence-corrected chi connectivity index (χ1v) is 5.66. The Hall–Kier alpha value is -1.34. The molecule has 0 atom stereocenters. The summed E-state index contributed by atoms with van der Waals surface area (Å²) in [4.78, 5) is 11.3. The Labute approximate surface area is 87.0 Å². The molecule has 1 aromatic rings. The zero-order valence-electron chi connectivity index (χ0n) is 8.27. The summed E-state index contributed by atoms with van der Waals surface area (Å²) >= 11 is 0. The van der Waals surface area contributed by atoms with E-state index in [-0.39, 0.29) is 11.3 Å². The molecule has 0 aliphatic rings. The third kappa shape index (κ3) is 2.57. The molecule has 0 bridgehead atoms. The van der Waals surface area contributed by atoms with Gasteiger partial charge in [0, 0.05) is 12.1 Å². The van der Waals surface area contributed by atoms with Crippen LogP contribution in [0.15, 0.2) is 15.6 Å². The van der Waals surface area contributed by atoms with Crippen molar-refractivity contribution in [3.63, 3.8) is 0 Å². The maximum Gasteiger partial charge on any atom is 0.328 e. The Morgan fingerprint density at radius 3 is 2.60 bits per heavy atom. The van der Waals surface area contributed by atoms with Gasteiger partial charge in [0.15, 0.2) is 5.76 Å². The van der Waals surface area contributed by atoms with Crippen molar-refractivity contribution in [2.45, 2.75) is 18.9 Å². The second-order valence-electron chi connectivity index (χ2n) is 2.92. The number of carbonyl (C=O) groups is 1. The minimum atomic E-state index is -4.41. The molecule has 0 spiro atoms. The minimum absolute atomic E-state index is 0.137. The van der Waals surface area contributed by atoms with Crippen molar-refractivity contribution in [3.8, 4) is 0 Å². The topological polar surface area (TPSA) is 96.6 Å². The predicted octanol–water partition coefficient (Wildman–Crippen LogP) is 0.584. The molecular weight excluding hydrogens is 222 g/mol. The Bertz CT molecular complexity index is 473. The van der Waals surface area contributed by atoms with Crippen LogP contribution in [-0.4, -0.2) is 25.4 Å².